The molecule has 2 rings (SSSR count). The Morgan fingerprint density at radius 2 is 1.79 bits per heavy atom. The molecule has 0 aliphatic carbocycles. The van der Waals surface area contributed by atoms with Crippen LogP contribution in [0.25, 0.3) is 5.70 Å². The maximum Gasteiger partial charge on any atom is 0.111 e. The highest BCUT2D eigenvalue weighted by Gasteiger charge is 2.15. The van der Waals surface area contributed by atoms with Gasteiger partial charge >= 0.3 is 0 Å². The molecule has 74 valence electrons. The van der Waals surface area contributed by atoms with Gasteiger partial charge in [-0.25, -0.2) is 4.39 Å². The fourth-order valence-corrected chi connectivity index (χ4v) is 1.88. The zero-order valence-corrected chi connectivity index (χ0v) is 8.12. The van der Waals surface area contributed by atoms with Crippen molar-refractivity contribution in [1.82, 2.24) is 4.90 Å². The van der Waals surface area contributed by atoms with Crippen LogP contribution in [-0.2, 0) is 0 Å². The summed E-state index contributed by atoms with van der Waals surface area (Å²) < 4.78 is 12.8. The van der Waals surface area contributed by atoms with Gasteiger partial charge in [-0.3, -0.25) is 0 Å². The summed E-state index contributed by atoms with van der Waals surface area (Å²) in [6.07, 6.45) is 3.06. The van der Waals surface area contributed by atoms with E-state index < -0.39 is 0 Å². The van der Waals surface area contributed by atoms with E-state index in [-0.39, 0.29) is 0 Å². The Morgan fingerprint density at radius 1 is 1.14 bits per heavy atom. The Labute approximate surface area is 83.9 Å². The molecule has 1 heterocycles. The molecule has 1 aromatic carbocycles. The molecule has 0 aromatic heterocycles. The summed E-state index contributed by atoms with van der Waals surface area (Å²) in [5.41, 5.74) is 1.69. The van der Waals surface area contributed by atoms with E-state index in [1.807, 2.05) is 30.3 Å². The summed E-state index contributed by atoms with van der Waals surface area (Å²) in [5, 5.41) is 0. The lowest BCUT2D eigenvalue weighted by molar-refractivity contribution is 0.483. The molecule has 14 heavy (non-hydrogen) atoms. The zero-order valence-electron chi connectivity index (χ0n) is 8.12. The predicted octanol–water partition coefficient (Wildman–Crippen LogP) is 3.05. The lowest BCUT2D eigenvalue weighted by Gasteiger charge is -2.20. The molecule has 1 aliphatic heterocycles. The third kappa shape index (κ3) is 1.79. The largest absolute Gasteiger partial charge is 0.369 e. The molecule has 1 nitrogen and oxygen atoms in total. The third-order valence-corrected chi connectivity index (χ3v) is 2.62. The second-order valence-corrected chi connectivity index (χ2v) is 3.55. The Bertz CT molecular complexity index is 312. The lowest BCUT2D eigenvalue weighted by Crippen LogP contribution is -2.17. The van der Waals surface area contributed by atoms with Crippen LogP contribution in [0.5, 0.6) is 0 Å². The van der Waals surface area contributed by atoms with Crippen molar-refractivity contribution < 1.29 is 4.39 Å². The normalized spacial score (nSPS) is 17.5. The van der Waals surface area contributed by atoms with E-state index in [4.69, 9.17) is 0 Å². The van der Waals surface area contributed by atoms with Crippen LogP contribution in [0.3, 0.4) is 0 Å². The second-order valence-electron chi connectivity index (χ2n) is 3.55. The number of likely N-dealkylation sites (tertiary alicyclic amines) is 1. The maximum atomic E-state index is 12.8. The van der Waals surface area contributed by atoms with Gasteiger partial charge in [-0.15, -0.1) is 0 Å². The van der Waals surface area contributed by atoms with Crippen LogP contribution < -0.4 is 0 Å². The average molecular weight is 191 g/mol. The van der Waals surface area contributed by atoms with Crippen LogP contribution in [0.2, 0.25) is 0 Å². The van der Waals surface area contributed by atoms with Gasteiger partial charge in [-0.1, -0.05) is 30.3 Å². The van der Waals surface area contributed by atoms with Crippen LogP contribution in [-0.4, -0.2) is 18.0 Å². The zero-order chi connectivity index (χ0) is 9.80. The second kappa shape index (κ2) is 4.27. The van der Waals surface area contributed by atoms with Crippen molar-refractivity contribution in [3.8, 4) is 0 Å². The highest BCUT2D eigenvalue weighted by Crippen LogP contribution is 2.23. The molecule has 0 amide bonds. The third-order valence-electron chi connectivity index (χ3n) is 2.62. The van der Waals surface area contributed by atoms with Crippen molar-refractivity contribution in [2.45, 2.75) is 12.8 Å². The minimum Gasteiger partial charge on any atom is -0.369 e. The molecule has 0 spiro atoms. The number of halogens is 1. The standard InChI is InChI=1S/C12H14FN/c13-10-12(14-8-4-5-9-14)11-6-2-1-3-7-11/h1-3,6-7,10H,4-5,8-9H2/b12-10-. The summed E-state index contributed by atoms with van der Waals surface area (Å²) >= 11 is 0. The van der Waals surface area contributed by atoms with E-state index in [2.05, 4.69) is 4.90 Å². The number of hydrogen-bond donors (Lipinski definition) is 0. The van der Waals surface area contributed by atoms with Gasteiger partial charge < -0.3 is 4.90 Å². The number of rotatable bonds is 2. The van der Waals surface area contributed by atoms with Gasteiger partial charge in [0.2, 0.25) is 0 Å². The van der Waals surface area contributed by atoms with Crippen LogP contribution in [0.15, 0.2) is 36.7 Å². The molecule has 0 saturated carbocycles. The summed E-state index contributed by atoms with van der Waals surface area (Å²) in [6, 6.07) is 9.72. The summed E-state index contributed by atoms with van der Waals surface area (Å²) in [5.74, 6) is 0. The smallest absolute Gasteiger partial charge is 0.111 e. The van der Waals surface area contributed by atoms with Crippen LogP contribution in [0.4, 0.5) is 4.39 Å². The Hall–Kier alpha value is -1.31. The van der Waals surface area contributed by atoms with Crippen molar-refractivity contribution in [3.05, 3.63) is 42.2 Å². The summed E-state index contributed by atoms with van der Waals surface area (Å²) in [7, 11) is 0. The average Bonchev–Trinajstić information content (AvgIpc) is 2.74. The highest BCUT2D eigenvalue weighted by molar-refractivity contribution is 5.63. The summed E-state index contributed by atoms with van der Waals surface area (Å²) in [6.45, 7) is 1.95. The fourth-order valence-electron chi connectivity index (χ4n) is 1.88. The van der Waals surface area contributed by atoms with Gasteiger partial charge in [0.15, 0.2) is 0 Å². The Balaban J connectivity index is 2.22. The molecule has 0 bridgehead atoms. The molecule has 1 fully saturated rings. The first-order valence-corrected chi connectivity index (χ1v) is 5.02. The molecule has 1 aromatic rings. The fraction of sp³-hybridized carbons (Fsp3) is 0.333. The monoisotopic (exact) mass is 191 g/mol. The van der Waals surface area contributed by atoms with Crippen LogP contribution in [0.1, 0.15) is 18.4 Å². The van der Waals surface area contributed by atoms with Gasteiger partial charge in [-0.2, -0.15) is 0 Å². The van der Waals surface area contributed by atoms with Gasteiger partial charge in [0.05, 0.1) is 5.70 Å². The maximum absolute atomic E-state index is 12.8. The minimum atomic E-state index is 0.723. The SMILES string of the molecule is F/C=C(/c1ccccc1)N1CCCC1. The van der Waals surface area contributed by atoms with Crippen molar-refractivity contribution in [3.63, 3.8) is 0 Å². The molecular weight excluding hydrogens is 177 g/mol. The Morgan fingerprint density at radius 3 is 2.36 bits per heavy atom. The molecule has 1 saturated heterocycles. The van der Waals surface area contributed by atoms with E-state index >= 15 is 0 Å². The van der Waals surface area contributed by atoms with Crippen molar-refractivity contribution in [2.75, 3.05) is 13.1 Å². The highest BCUT2D eigenvalue weighted by atomic mass is 19.1. The van der Waals surface area contributed by atoms with E-state index in [1.54, 1.807) is 0 Å². The van der Waals surface area contributed by atoms with Crippen molar-refractivity contribution in [2.24, 2.45) is 0 Å². The van der Waals surface area contributed by atoms with Gasteiger partial charge in [0.1, 0.15) is 6.33 Å². The minimum absolute atomic E-state index is 0.723. The van der Waals surface area contributed by atoms with E-state index in [9.17, 15) is 4.39 Å². The molecule has 0 N–H and O–H groups in total. The van der Waals surface area contributed by atoms with E-state index in [1.165, 1.54) is 12.8 Å². The lowest BCUT2D eigenvalue weighted by atomic mass is 10.1. The topological polar surface area (TPSA) is 3.24 Å². The molecule has 1 aliphatic rings. The number of hydrogen-bond acceptors (Lipinski definition) is 1. The first-order chi connectivity index (χ1) is 6.92. The van der Waals surface area contributed by atoms with Crippen LogP contribution in [0, 0.1) is 0 Å². The van der Waals surface area contributed by atoms with Gasteiger partial charge in [0.25, 0.3) is 0 Å². The first kappa shape index (κ1) is 9.25. The molecule has 0 radical (unpaired) electrons. The molecular formula is C12H14FN. The van der Waals surface area contributed by atoms with Gasteiger partial charge in [0, 0.05) is 18.7 Å². The quantitative estimate of drug-likeness (QED) is 0.694. The molecule has 0 unspecified atom stereocenters. The predicted molar refractivity (Wildman–Crippen MR) is 56.3 cm³/mol. The first-order valence-electron chi connectivity index (χ1n) is 5.02. The molecule has 2 heteroatoms. The van der Waals surface area contributed by atoms with Gasteiger partial charge in [-0.05, 0) is 12.8 Å². The van der Waals surface area contributed by atoms with E-state index in [0.29, 0.717) is 0 Å². The van der Waals surface area contributed by atoms with E-state index in [0.717, 1.165) is 30.7 Å². The summed E-state index contributed by atoms with van der Waals surface area (Å²) in [4.78, 5) is 2.11. The molecule has 0 atom stereocenters. The number of benzene rings is 1. The van der Waals surface area contributed by atoms with Crippen molar-refractivity contribution >= 4 is 5.70 Å². The number of nitrogens with zero attached hydrogens (tertiary/aromatic N) is 1. The van der Waals surface area contributed by atoms with Crippen LogP contribution >= 0.6 is 0 Å². The Kier molecular flexibility index (Phi) is 2.82. The van der Waals surface area contributed by atoms with Crippen molar-refractivity contribution in [1.29, 1.82) is 0 Å².